The highest BCUT2D eigenvalue weighted by Crippen LogP contribution is 2.40. The molecule has 0 unspecified atom stereocenters. The first-order valence-corrected chi connectivity index (χ1v) is 11.4. The Morgan fingerprint density at radius 2 is 1.79 bits per heavy atom. The van der Waals surface area contributed by atoms with Gasteiger partial charge in [-0.3, -0.25) is 4.79 Å². The summed E-state index contributed by atoms with van der Waals surface area (Å²) in [6.07, 6.45) is 5.20. The molecule has 3 aromatic rings. The molecule has 34 heavy (non-hydrogen) atoms. The Morgan fingerprint density at radius 1 is 1.09 bits per heavy atom. The zero-order valence-electron chi connectivity index (χ0n) is 19.5. The summed E-state index contributed by atoms with van der Waals surface area (Å²) in [4.78, 5) is 19.0. The lowest BCUT2D eigenvalue weighted by Crippen LogP contribution is -2.34. The van der Waals surface area contributed by atoms with E-state index in [0.29, 0.717) is 66.3 Å². The number of hydrogen-bond donors (Lipinski definition) is 0. The van der Waals surface area contributed by atoms with Crippen molar-refractivity contribution in [3.05, 3.63) is 65.1 Å². The van der Waals surface area contributed by atoms with Crippen molar-refractivity contribution in [2.45, 2.75) is 19.3 Å². The number of hydrogen-bond acceptors (Lipinski definition) is 6. The first kappa shape index (κ1) is 23.7. The molecule has 7 nitrogen and oxygen atoms in total. The number of carbonyl (C=O) groups excluding carboxylic acids is 1. The van der Waals surface area contributed by atoms with Crippen LogP contribution in [0.1, 0.15) is 24.3 Å². The number of carbonyl (C=O) groups is 1. The summed E-state index contributed by atoms with van der Waals surface area (Å²) in [6.45, 7) is 1.14. The van der Waals surface area contributed by atoms with E-state index >= 15 is 0 Å². The van der Waals surface area contributed by atoms with Crippen molar-refractivity contribution >= 4 is 23.1 Å². The zero-order chi connectivity index (χ0) is 24.1. The molecule has 0 saturated heterocycles. The predicted molar refractivity (Wildman–Crippen MR) is 131 cm³/mol. The molecule has 0 spiro atoms. The maximum absolute atomic E-state index is 12.8. The van der Waals surface area contributed by atoms with Gasteiger partial charge < -0.3 is 23.5 Å². The Bertz CT molecular complexity index is 1160. The van der Waals surface area contributed by atoms with E-state index < -0.39 is 0 Å². The van der Waals surface area contributed by atoms with Crippen LogP contribution in [0.2, 0.25) is 5.02 Å². The van der Waals surface area contributed by atoms with Crippen LogP contribution in [0.5, 0.6) is 17.2 Å². The minimum Gasteiger partial charge on any atom is -0.496 e. The highest BCUT2D eigenvalue weighted by Gasteiger charge is 2.23. The van der Waals surface area contributed by atoms with Gasteiger partial charge in [0.25, 0.3) is 0 Å². The van der Waals surface area contributed by atoms with E-state index in [-0.39, 0.29) is 5.91 Å². The van der Waals surface area contributed by atoms with Crippen molar-refractivity contribution in [1.29, 1.82) is 0 Å². The standard InChI is InChI=1S/C26H27ClN2O5/c1-31-20-14-21(32-2)26(22(15-20)33-3)18-10-12-29(13-11-18)25(30)9-8-24-28-16-23(34-24)17-4-6-19(27)7-5-17/h4-7,10,14-16H,8-9,11-13H2,1-3H3. The molecule has 0 radical (unpaired) electrons. The number of nitrogens with zero attached hydrogens (tertiary/aromatic N) is 2. The molecule has 1 aliphatic rings. The van der Waals surface area contributed by atoms with Crippen LogP contribution in [0.15, 0.2) is 53.1 Å². The summed E-state index contributed by atoms with van der Waals surface area (Å²) in [5.41, 5.74) is 2.88. The third-order valence-electron chi connectivity index (χ3n) is 5.83. The van der Waals surface area contributed by atoms with Crippen molar-refractivity contribution in [3.8, 4) is 28.6 Å². The molecule has 2 aromatic carbocycles. The number of aryl methyl sites for hydroxylation is 1. The minimum atomic E-state index is 0.0650. The lowest BCUT2D eigenvalue weighted by atomic mass is 9.97. The molecule has 0 aliphatic carbocycles. The number of benzene rings is 2. The maximum atomic E-state index is 12.8. The van der Waals surface area contributed by atoms with E-state index in [9.17, 15) is 4.79 Å². The van der Waals surface area contributed by atoms with Gasteiger partial charge in [0, 0.05) is 48.6 Å². The summed E-state index contributed by atoms with van der Waals surface area (Å²) >= 11 is 5.94. The summed E-state index contributed by atoms with van der Waals surface area (Å²) in [5, 5.41) is 0.664. The van der Waals surface area contributed by atoms with E-state index in [0.717, 1.165) is 16.7 Å². The van der Waals surface area contributed by atoms with Gasteiger partial charge in [-0.15, -0.1) is 0 Å². The minimum absolute atomic E-state index is 0.0650. The monoisotopic (exact) mass is 482 g/mol. The fourth-order valence-electron chi connectivity index (χ4n) is 3.99. The number of amides is 1. The van der Waals surface area contributed by atoms with Crippen molar-refractivity contribution in [1.82, 2.24) is 9.88 Å². The first-order chi connectivity index (χ1) is 16.5. The number of ether oxygens (including phenoxy) is 3. The topological polar surface area (TPSA) is 74.0 Å². The largest absolute Gasteiger partial charge is 0.496 e. The van der Waals surface area contributed by atoms with E-state index in [1.54, 1.807) is 39.7 Å². The Labute approximate surface area is 203 Å². The van der Waals surface area contributed by atoms with E-state index in [4.69, 9.17) is 30.2 Å². The van der Waals surface area contributed by atoms with Crippen LogP contribution < -0.4 is 14.2 Å². The van der Waals surface area contributed by atoms with Crippen LogP contribution in [-0.2, 0) is 11.2 Å². The lowest BCUT2D eigenvalue weighted by Gasteiger charge is -2.28. The molecule has 8 heteroatoms. The maximum Gasteiger partial charge on any atom is 0.223 e. The SMILES string of the molecule is COc1cc(OC)c(C2=CCN(C(=O)CCc3ncc(-c4ccc(Cl)cc4)o3)CC2)c(OC)c1. The molecule has 1 amide bonds. The van der Waals surface area contributed by atoms with Crippen molar-refractivity contribution in [3.63, 3.8) is 0 Å². The van der Waals surface area contributed by atoms with Gasteiger partial charge in [0.15, 0.2) is 11.7 Å². The molecule has 0 bridgehead atoms. The van der Waals surface area contributed by atoms with E-state index in [1.165, 1.54) is 0 Å². The quantitative estimate of drug-likeness (QED) is 0.435. The Morgan fingerprint density at radius 3 is 2.38 bits per heavy atom. The van der Waals surface area contributed by atoms with Gasteiger partial charge in [-0.05, 0) is 36.3 Å². The molecular weight excluding hydrogens is 456 g/mol. The van der Waals surface area contributed by atoms with Crippen LogP contribution in [0.3, 0.4) is 0 Å². The fraction of sp³-hybridized carbons (Fsp3) is 0.308. The highest BCUT2D eigenvalue weighted by atomic mass is 35.5. The van der Waals surface area contributed by atoms with Crippen molar-refractivity contribution < 1.29 is 23.4 Å². The Kier molecular flexibility index (Phi) is 7.43. The second-order valence-corrected chi connectivity index (χ2v) is 8.29. The van der Waals surface area contributed by atoms with E-state index in [2.05, 4.69) is 11.1 Å². The number of aromatic nitrogens is 1. The summed E-state index contributed by atoms with van der Waals surface area (Å²) in [7, 11) is 4.85. The van der Waals surface area contributed by atoms with Crippen molar-refractivity contribution in [2.75, 3.05) is 34.4 Å². The predicted octanol–water partition coefficient (Wildman–Crippen LogP) is 5.27. The van der Waals surface area contributed by atoms with Gasteiger partial charge in [0.2, 0.25) is 5.91 Å². The van der Waals surface area contributed by atoms with Gasteiger partial charge in [-0.1, -0.05) is 17.7 Å². The summed E-state index contributed by atoms with van der Waals surface area (Å²) in [6, 6.07) is 11.0. The molecule has 4 rings (SSSR count). The van der Waals surface area contributed by atoms with Crippen LogP contribution in [-0.4, -0.2) is 50.2 Å². The first-order valence-electron chi connectivity index (χ1n) is 11.0. The smallest absolute Gasteiger partial charge is 0.223 e. The lowest BCUT2D eigenvalue weighted by molar-refractivity contribution is -0.130. The van der Waals surface area contributed by atoms with Crippen molar-refractivity contribution in [2.24, 2.45) is 0 Å². The zero-order valence-corrected chi connectivity index (χ0v) is 20.2. The highest BCUT2D eigenvalue weighted by molar-refractivity contribution is 6.30. The van der Waals surface area contributed by atoms with Crippen LogP contribution in [0.4, 0.5) is 0 Å². The molecule has 0 atom stereocenters. The Hall–Kier alpha value is -3.45. The van der Waals surface area contributed by atoms with Crippen LogP contribution >= 0.6 is 11.6 Å². The van der Waals surface area contributed by atoms with Gasteiger partial charge in [-0.2, -0.15) is 0 Å². The molecule has 178 valence electrons. The molecule has 2 heterocycles. The average molecular weight is 483 g/mol. The van der Waals surface area contributed by atoms with E-state index in [1.807, 2.05) is 29.2 Å². The summed E-state index contributed by atoms with van der Waals surface area (Å²) < 4.78 is 22.3. The molecule has 1 aromatic heterocycles. The molecule has 0 saturated carbocycles. The average Bonchev–Trinajstić information content (AvgIpc) is 3.36. The van der Waals surface area contributed by atoms with Gasteiger partial charge in [-0.25, -0.2) is 4.98 Å². The summed E-state index contributed by atoms with van der Waals surface area (Å²) in [5.74, 6) is 3.29. The van der Waals surface area contributed by atoms with Crippen LogP contribution in [0.25, 0.3) is 16.9 Å². The number of halogens is 1. The van der Waals surface area contributed by atoms with Gasteiger partial charge in [0.05, 0.1) is 33.1 Å². The van der Waals surface area contributed by atoms with Gasteiger partial charge >= 0.3 is 0 Å². The Balaban J connectivity index is 1.39. The third-order valence-corrected chi connectivity index (χ3v) is 6.08. The number of methoxy groups -OCH3 is 3. The third kappa shape index (κ3) is 5.20. The second-order valence-electron chi connectivity index (χ2n) is 7.85. The molecule has 0 N–H and O–H groups in total. The second kappa shape index (κ2) is 10.7. The van der Waals surface area contributed by atoms with Crippen LogP contribution in [0, 0.1) is 0 Å². The molecule has 1 aliphatic heterocycles. The number of rotatable bonds is 8. The van der Waals surface area contributed by atoms with Gasteiger partial charge in [0.1, 0.15) is 17.2 Å². The number of oxazole rings is 1. The molecule has 0 fully saturated rings. The fourth-order valence-corrected chi connectivity index (χ4v) is 4.12. The molecular formula is C26H27ClN2O5. The normalized spacial score (nSPS) is 13.4.